The summed E-state index contributed by atoms with van der Waals surface area (Å²) in [7, 11) is 0. The third-order valence-corrected chi connectivity index (χ3v) is 5.34. The molecule has 0 bridgehead atoms. The number of hydrogen-bond acceptors (Lipinski definition) is 4. The molecule has 0 aliphatic rings. The van der Waals surface area contributed by atoms with Crippen LogP contribution in [0, 0.1) is 0 Å². The molecule has 3 rings (SSSR count). The number of thiophene rings is 1. The van der Waals surface area contributed by atoms with Gasteiger partial charge in [-0.25, -0.2) is 0 Å². The van der Waals surface area contributed by atoms with Crippen molar-refractivity contribution in [3.05, 3.63) is 81.0 Å². The van der Waals surface area contributed by atoms with Gasteiger partial charge in [-0.3, -0.25) is 9.59 Å². The van der Waals surface area contributed by atoms with Crippen LogP contribution in [0.25, 0.3) is 0 Å². The highest BCUT2D eigenvalue weighted by Crippen LogP contribution is 2.25. The van der Waals surface area contributed by atoms with Gasteiger partial charge in [0.1, 0.15) is 11.5 Å². The first-order chi connectivity index (χ1) is 13.5. The Hall–Kier alpha value is -2.83. The summed E-state index contributed by atoms with van der Waals surface area (Å²) in [6.45, 7) is 3.07. The first-order valence-electron chi connectivity index (χ1n) is 8.67. The first kappa shape index (κ1) is 19.9. The Kier molecular flexibility index (Phi) is 6.34. The molecule has 0 aliphatic heterocycles. The molecule has 28 heavy (non-hydrogen) atoms. The summed E-state index contributed by atoms with van der Waals surface area (Å²) < 4.78 is 6.45. The summed E-state index contributed by atoms with van der Waals surface area (Å²) in [6, 6.07) is 17.3. The molecule has 1 aromatic heterocycles. The monoisotopic (exact) mass is 414 g/mol. The lowest BCUT2D eigenvalue weighted by atomic mass is 10.2. The quantitative estimate of drug-likeness (QED) is 0.594. The van der Waals surface area contributed by atoms with Gasteiger partial charge < -0.3 is 15.4 Å². The zero-order valence-electron chi connectivity index (χ0n) is 15.2. The number of ether oxygens (including phenoxy) is 1. The summed E-state index contributed by atoms with van der Waals surface area (Å²) in [5.74, 6) is 0.634. The number of nitrogens with zero attached hydrogens (tertiary/aromatic N) is 1. The fourth-order valence-electron chi connectivity index (χ4n) is 2.62. The molecule has 0 saturated heterocycles. The average molecular weight is 415 g/mol. The third-order valence-electron chi connectivity index (χ3n) is 4.12. The van der Waals surface area contributed by atoms with Gasteiger partial charge in [-0.1, -0.05) is 11.6 Å². The highest BCUT2D eigenvalue weighted by atomic mass is 35.5. The molecule has 0 saturated carbocycles. The van der Waals surface area contributed by atoms with E-state index in [2.05, 4.69) is 0 Å². The van der Waals surface area contributed by atoms with Crippen LogP contribution >= 0.6 is 22.9 Å². The van der Waals surface area contributed by atoms with Gasteiger partial charge in [-0.15, -0.1) is 11.3 Å². The van der Waals surface area contributed by atoms with E-state index in [1.54, 1.807) is 53.4 Å². The second kappa shape index (κ2) is 8.91. The van der Waals surface area contributed by atoms with Crippen molar-refractivity contribution in [1.29, 1.82) is 0 Å². The number of carbonyl (C=O) groups is 2. The molecule has 144 valence electrons. The predicted molar refractivity (Wildman–Crippen MR) is 111 cm³/mol. The van der Waals surface area contributed by atoms with Gasteiger partial charge in [0.05, 0.1) is 10.9 Å². The molecule has 0 aliphatic carbocycles. The molecule has 7 heteroatoms. The molecule has 0 fully saturated rings. The van der Waals surface area contributed by atoms with Crippen molar-refractivity contribution in [2.24, 2.45) is 5.73 Å². The Bertz CT molecular complexity index is 968. The van der Waals surface area contributed by atoms with Crippen molar-refractivity contribution < 1.29 is 14.3 Å². The van der Waals surface area contributed by atoms with E-state index >= 15 is 0 Å². The van der Waals surface area contributed by atoms with E-state index in [1.165, 1.54) is 11.3 Å². The number of benzene rings is 2. The van der Waals surface area contributed by atoms with Crippen LogP contribution in [0.4, 0.5) is 0 Å². The van der Waals surface area contributed by atoms with Crippen LogP contribution in [0.5, 0.6) is 11.5 Å². The minimum absolute atomic E-state index is 0.0515. The summed E-state index contributed by atoms with van der Waals surface area (Å²) in [5.41, 5.74) is 6.23. The van der Waals surface area contributed by atoms with Crippen LogP contribution < -0.4 is 10.5 Å². The Morgan fingerprint density at radius 3 is 2.00 bits per heavy atom. The number of rotatable bonds is 7. The van der Waals surface area contributed by atoms with Crippen molar-refractivity contribution in [2.45, 2.75) is 13.5 Å². The summed E-state index contributed by atoms with van der Waals surface area (Å²) in [4.78, 5) is 26.7. The lowest BCUT2D eigenvalue weighted by Crippen LogP contribution is -2.29. The number of amides is 2. The van der Waals surface area contributed by atoms with Crippen molar-refractivity contribution in [1.82, 2.24) is 4.90 Å². The maximum atomic E-state index is 12.8. The van der Waals surface area contributed by atoms with Gasteiger partial charge in [-0.05, 0) is 67.6 Å². The number of carbonyl (C=O) groups excluding carboxylic acids is 2. The normalized spacial score (nSPS) is 10.5. The molecule has 5 nitrogen and oxygen atoms in total. The number of hydrogen-bond donors (Lipinski definition) is 1. The van der Waals surface area contributed by atoms with Crippen molar-refractivity contribution in [3.8, 4) is 11.5 Å². The van der Waals surface area contributed by atoms with Crippen molar-refractivity contribution >= 4 is 34.8 Å². The molecule has 0 spiro atoms. The minimum Gasteiger partial charge on any atom is -0.457 e. The fourth-order valence-corrected chi connectivity index (χ4v) is 3.73. The maximum Gasteiger partial charge on any atom is 0.254 e. The van der Waals surface area contributed by atoms with Gasteiger partial charge in [0.25, 0.3) is 5.91 Å². The van der Waals surface area contributed by atoms with Gasteiger partial charge in [0, 0.05) is 22.5 Å². The summed E-state index contributed by atoms with van der Waals surface area (Å²) >= 11 is 7.44. The third kappa shape index (κ3) is 4.91. The Balaban J connectivity index is 1.66. The van der Waals surface area contributed by atoms with Gasteiger partial charge in [0.15, 0.2) is 0 Å². The fraction of sp³-hybridized carbons (Fsp3) is 0.143. The van der Waals surface area contributed by atoms with Crippen LogP contribution in [0.15, 0.2) is 60.7 Å². The molecule has 0 atom stereocenters. The van der Waals surface area contributed by atoms with Crippen molar-refractivity contribution in [2.75, 3.05) is 6.54 Å². The van der Waals surface area contributed by atoms with E-state index in [-0.39, 0.29) is 5.91 Å². The van der Waals surface area contributed by atoms with Gasteiger partial charge >= 0.3 is 0 Å². The topological polar surface area (TPSA) is 72.6 Å². The molecule has 0 unspecified atom stereocenters. The standard InChI is InChI=1S/C21H19ClN2O3S/c1-2-24(13-18-11-12-19(22)28-18)21(26)15-5-9-17(10-6-15)27-16-7-3-14(4-8-16)20(23)25/h3-12H,2,13H2,1H3,(H2,23,25). The van der Waals surface area contributed by atoms with Crippen LogP contribution in [0.2, 0.25) is 4.34 Å². The molecular formula is C21H19ClN2O3S. The molecule has 0 radical (unpaired) electrons. The molecular weight excluding hydrogens is 396 g/mol. The first-order valence-corrected chi connectivity index (χ1v) is 9.87. The van der Waals surface area contributed by atoms with E-state index < -0.39 is 5.91 Å². The molecule has 2 amide bonds. The lowest BCUT2D eigenvalue weighted by molar-refractivity contribution is 0.0754. The van der Waals surface area contributed by atoms with E-state index in [1.807, 2.05) is 19.1 Å². The van der Waals surface area contributed by atoms with E-state index in [4.69, 9.17) is 22.1 Å². The zero-order valence-corrected chi connectivity index (χ0v) is 16.8. The van der Waals surface area contributed by atoms with E-state index in [0.29, 0.717) is 40.1 Å². The lowest BCUT2D eigenvalue weighted by Gasteiger charge is -2.20. The summed E-state index contributed by atoms with van der Waals surface area (Å²) in [5, 5.41) is 0. The molecule has 2 aromatic carbocycles. The second-order valence-electron chi connectivity index (χ2n) is 6.04. The second-order valence-corrected chi connectivity index (χ2v) is 7.84. The van der Waals surface area contributed by atoms with Crippen LogP contribution in [-0.2, 0) is 6.54 Å². The van der Waals surface area contributed by atoms with Gasteiger partial charge in [0.2, 0.25) is 5.91 Å². The molecule has 2 N–H and O–H groups in total. The van der Waals surface area contributed by atoms with E-state index in [9.17, 15) is 9.59 Å². The van der Waals surface area contributed by atoms with E-state index in [0.717, 1.165) is 4.88 Å². The predicted octanol–water partition coefficient (Wildman–Crippen LogP) is 4.96. The SMILES string of the molecule is CCN(Cc1ccc(Cl)s1)C(=O)c1ccc(Oc2ccc(C(N)=O)cc2)cc1. The largest absolute Gasteiger partial charge is 0.457 e. The highest BCUT2D eigenvalue weighted by Gasteiger charge is 2.15. The molecule has 1 heterocycles. The maximum absolute atomic E-state index is 12.8. The number of halogens is 1. The smallest absolute Gasteiger partial charge is 0.254 e. The molecule has 3 aromatic rings. The van der Waals surface area contributed by atoms with Crippen LogP contribution in [0.1, 0.15) is 32.5 Å². The van der Waals surface area contributed by atoms with Crippen LogP contribution in [0.3, 0.4) is 0 Å². The number of nitrogens with two attached hydrogens (primary N) is 1. The minimum atomic E-state index is -0.486. The summed E-state index contributed by atoms with van der Waals surface area (Å²) in [6.07, 6.45) is 0. The Morgan fingerprint density at radius 1 is 0.964 bits per heavy atom. The Labute approximate surface area is 172 Å². The average Bonchev–Trinajstić information content (AvgIpc) is 3.11. The highest BCUT2D eigenvalue weighted by molar-refractivity contribution is 7.16. The zero-order chi connectivity index (χ0) is 20.1. The van der Waals surface area contributed by atoms with Gasteiger partial charge in [-0.2, -0.15) is 0 Å². The van der Waals surface area contributed by atoms with Crippen LogP contribution in [-0.4, -0.2) is 23.3 Å². The Morgan fingerprint density at radius 2 is 1.54 bits per heavy atom. The number of primary amides is 1. The van der Waals surface area contributed by atoms with Crippen molar-refractivity contribution in [3.63, 3.8) is 0 Å².